The van der Waals surface area contributed by atoms with E-state index in [1.165, 1.54) is 23.5 Å². The van der Waals surface area contributed by atoms with Crippen molar-refractivity contribution in [1.82, 2.24) is 14.6 Å². The van der Waals surface area contributed by atoms with Gasteiger partial charge in [0.1, 0.15) is 17.3 Å². The van der Waals surface area contributed by atoms with Gasteiger partial charge in [0.2, 0.25) is 4.96 Å². The second kappa shape index (κ2) is 8.00. The van der Waals surface area contributed by atoms with Gasteiger partial charge in [-0.05, 0) is 54.6 Å². The molecule has 0 aliphatic rings. The summed E-state index contributed by atoms with van der Waals surface area (Å²) in [6, 6.07) is 22.4. The Bertz CT molecular complexity index is 1360. The molecule has 5 aromatic rings. The summed E-state index contributed by atoms with van der Waals surface area (Å²) in [5, 5.41) is 9.00. The van der Waals surface area contributed by atoms with E-state index in [-0.39, 0.29) is 17.7 Å². The summed E-state index contributed by atoms with van der Waals surface area (Å²) in [7, 11) is 0. The first-order chi connectivity index (χ1) is 15.2. The van der Waals surface area contributed by atoms with E-state index < -0.39 is 0 Å². The average molecular weight is 430 g/mol. The van der Waals surface area contributed by atoms with Crippen molar-refractivity contribution in [2.75, 3.05) is 5.32 Å². The number of rotatable bonds is 5. The molecule has 0 radical (unpaired) electrons. The Morgan fingerprint density at radius 2 is 1.74 bits per heavy atom. The topological polar surface area (TPSA) is 68.5 Å². The van der Waals surface area contributed by atoms with E-state index in [0.29, 0.717) is 22.0 Å². The molecule has 5 rings (SSSR count). The molecule has 8 heteroatoms. The number of aromatic nitrogens is 3. The van der Waals surface area contributed by atoms with Crippen LogP contribution in [0.3, 0.4) is 0 Å². The van der Waals surface area contributed by atoms with Gasteiger partial charge in [0, 0.05) is 16.5 Å². The lowest BCUT2D eigenvalue weighted by Crippen LogP contribution is -2.13. The van der Waals surface area contributed by atoms with Gasteiger partial charge in [-0.15, -0.1) is 16.4 Å². The van der Waals surface area contributed by atoms with Gasteiger partial charge in [-0.2, -0.15) is 4.98 Å². The van der Waals surface area contributed by atoms with Gasteiger partial charge < -0.3 is 4.74 Å². The molecule has 0 atom stereocenters. The molecule has 1 amide bonds. The third-order valence-electron chi connectivity index (χ3n) is 4.52. The van der Waals surface area contributed by atoms with E-state index in [1.807, 2.05) is 35.7 Å². The summed E-state index contributed by atoms with van der Waals surface area (Å²) in [5.41, 5.74) is 2.00. The number of carbonyl (C=O) groups is 1. The third kappa shape index (κ3) is 4.01. The molecule has 6 nitrogen and oxygen atoms in total. The largest absolute Gasteiger partial charge is 0.457 e. The highest BCUT2D eigenvalue weighted by Gasteiger charge is 2.15. The summed E-state index contributed by atoms with van der Waals surface area (Å²) < 4.78 is 20.6. The molecule has 2 aromatic heterocycles. The van der Waals surface area contributed by atoms with Crippen LogP contribution in [0.2, 0.25) is 0 Å². The SMILES string of the molecule is O=C(Nc1nc2scc(-c3ccc(F)cc3)n2n1)c1cccc(Oc2ccccc2)c1. The number of benzene rings is 3. The van der Waals surface area contributed by atoms with Crippen molar-refractivity contribution in [3.8, 4) is 22.8 Å². The number of halogens is 1. The predicted molar refractivity (Wildman–Crippen MR) is 117 cm³/mol. The van der Waals surface area contributed by atoms with E-state index in [9.17, 15) is 9.18 Å². The molecule has 0 aliphatic heterocycles. The Morgan fingerprint density at radius 1 is 0.968 bits per heavy atom. The first kappa shape index (κ1) is 19.0. The molecule has 0 aliphatic carbocycles. The van der Waals surface area contributed by atoms with Crippen LogP contribution in [0.4, 0.5) is 10.3 Å². The number of hydrogen-bond acceptors (Lipinski definition) is 5. The molecule has 31 heavy (non-hydrogen) atoms. The van der Waals surface area contributed by atoms with E-state index in [2.05, 4.69) is 15.4 Å². The van der Waals surface area contributed by atoms with Crippen LogP contribution in [0.1, 0.15) is 10.4 Å². The summed E-state index contributed by atoms with van der Waals surface area (Å²) in [6.45, 7) is 0. The number of anilines is 1. The van der Waals surface area contributed by atoms with Crippen LogP contribution in [-0.2, 0) is 0 Å². The Morgan fingerprint density at radius 3 is 2.55 bits per heavy atom. The highest BCUT2D eigenvalue weighted by atomic mass is 32.1. The second-order valence-electron chi connectivity index (χ2n) is 6.65. The van der Waals surface area contributed by atoms with Crippen molar-refractivity contribution >= 4 is 28.2 Å². The normalized spacial score (nSPS) is 10.9. The Labute approximate surface area is 180 Å². The minimum Gasteiger partial charge on any atom is -0.457 e. The summed E-state index contributed by atoms with van der Waals surface area (Å²) in [6.07, 6.45) is 0. The molecule has 0 bridgehead atoms. The van der Waals surface area contributed by atoms with E-state index in [0.717, 1.165) is 11.3 Å². The maximum absolute atomic E-state index is 13.2. The zero-order chi connectivity index (χ0) is 21.2. The minimum absolute atomic E-state index is 0.189. The van der Waals surface area contributed by atoms with Gasteiger partial charge in [0.05, 0.1) is 5.69 Å². The standard InChI is InChI=1S/C23H15FN4O2S/c24-17-11-9-15(10-12-17)20-14-31-23-26-22(27-28(20)23)25-21(29)16-5-4-8-19(13-16)30-18-6-2-1-3-7-18/h1-14H,(H,25,27,29). The average Bonchev–Trinajstić information content (AvgIpc) is 3.36. The van der Waals surface area contributed by atoms with E-state index in [1.54, 1.807) is 40.9 Å². The lowest BCUT2D eigenvalue weighted by Gasteiger charge is -2.07. The van der Waals surface area contributed by atoms with Crippen LogP contribution in [0.25, 0.3) is 16.2 Å². The minimum atomic E-state index is -0.347. The highest BCUT2D eigenvalue weighted by molar-refractivity contribution is 7.15. The number of amides is 1. The predicted octanol–water partition coefficient (Wildman–Crippen LogP) is 5.64. The van der Waals surface area contributed by atoms with Crippen molar-refractivity contribution in [3.63, 3.8) is 0 Å². The maximum Gasteiger partial charge on any atom is 0.258 e. The number of fused-ring (bicyclic) bond motifs is 1. The summed E-state index contributed by atoms with van der Waals surface area (Å²) in [5.74, 6) is 0.774. The molecule has 3 aromatic carbocycles. The van der Waals surface area contributed by atoms with Crippen molar-refractivity contribution in [3.05, 3.63) is 95.6 Å². The van der Waals surface area contributed by atoms with Crippen LogP contribution in [0, 0.1) is 5.82 Å². The van der Waals surface area contributed by atoms with Gasteiger partial charge in [-0.3, -0.25) is 10.1 Å². The number of hydrogen-bond donors (Lipinski definition) is 1. The van der Waals surface area contributed by atoms with Gasteiger partial charge in [0.15, 0.2) is 0 Å². The molecule has 0 saturated heterocycles. The van der Waals surface area contributed by atoms with Crippen LogP contribution in [0.5, 0.6) is 11.5 Å². The maximum atomic E-state index is 13.2. The number of ether oxygens (including phenoxy) is 1. The van der Waals surface area contributed by atoms with Crippen molar-refractivity contribution in [2.45, 2.75) is 0 Å². The lowest BCUT2D eigenvalue weighted by atomic mass is 10.2. The van der Waals surface area contributed by atoms with Crippen LogP contribution in [0.15, 0.2) is 84.2 Å². The molecule has 0 unspecified atom stereocenters. The first-order valence-corrected chi connectivity index (χ1v) is 10.3. The van der Waals surface area contributed by atoms with Gasteiger partial charge in [-0.1, -0.05) is 24.3 Å². The van der Waals surface area contributed by atoms with Gasteiger partial charge in [0.25, 0.3) is 11.9 Å². The lowest BCUT2D eigenvalue weighted by molar-refractivity contribution is 0.102. The fraction of sp³-hybridized carbons (Fsp3) is 0. The van der Waals surface area contributed by atoms with Crippen LogP contribution >= 0.6 is 11.3 Å². The Balaban J connectivity index is 1.36. The molecule has 2 heterocycles. The summed E-state index contributed by atoms with van der Waals surface area (Å²) in [4.78, 5) is 17.7. The molecular formula is C23H15FN4O2S. The van der Waals surface area contributed by atoms with Crippen molar-refractivity contribution in [2.24, 2.45) is 0 Å². The smallest absolute Gasteiger partial charge is 0.258 e. The van der Waals surface area contributed by atoms with Gasteiger partial charge in [-0.25, -0.2) is 8.91 Å². The van der Waals surface area contributed by atoms with Crippen molar-refractivity contribution in [1.29, 1.82) is 0 Å². The number of nitrogens with zero attached hydrogens (tertiary/aromatic N) is 3. The molecule has 0 fully saturated rings. The monoisotopic (exact) mass is 430 g/mol. The van der Waals surface area contributed by atoms with Crippen LogP contribution < -0.4 is 10.1 Å². The van der Waals surface area contributed by atoms with Crippen LogP contribution in [-0.4, -0.2) is 20.5 Å². The Hall–Kier alpha value is -4.04. The Kier molecular flexibility index (Phi) is 4.89. The molecule has 1 N–H and O–H groups in total. The number of para-hydroxylation sites is 1. The number of nitrogens with one attached hydrogen (secondary N) is 1. The zero-order valence-electron chi connectivity index (χ0n) is 16.0. The molecule has 0 spiro atoms. The quantitative estimate of drug-likeness (QED) is 0.392. The zero-order valence-corrected chi connectivity index (χ0v) is 16.8. The fourth-order valence-electron chi connectivity index (χ4n) is 3.05. The highest BCUT2D eigenvalue weighted by Crippen LogP contribution is 2.26. The first-order valence-electron chi connectivity index (χ1n) is 9.40. The molecular weight excluding hydrogens is 415 g/mol. The van der Waals surface area contributed by atoms with Gasteiger partial charge >= 0.3 is 0 Å². The van der Waals surface area contributed by atoms with Crippen molar-refractivity contribution < 1.29 is 13.9 Å². The fourth-order valence-corrected chi connectivity index (χ4v) is 3.88. The number of thiazole rings is 1. The summed E-state index contributed by atoms with van der Waals surface area (Å²) >= 11 is 1.38. The van der Waals surface area contributed by atoms with E-state index in [4.69, 9.17) is 4.74 Å². The third-order valence-corrected chi connectivity index (χ3v) is 5.34. The van der Waals surface area contributed by atoms with E-state index >= 15 is 0 Å². The molecule has 0 saturated carbocycles. The second-order valence-corrected chi connectivity index (χ2v) is 7.49. The molecule has 152 valence electrons. The number of carbonyl (C=O) groups excluding carboxylic acids is 1.